The zero-order valence-corrected chi connectivity index (χ0v) is 12.2. The Hall–Kier alpha value is -1.56. The summed E-state index contributed by atoms with van der Waals surface area (Å²) >= 11 is 0. The number of rotatable bonds is 4. The van der Waals surface area contributed by atoms with Gasteiger partial charge in [0.15, 0.2) is 0 Å². The molecule has 0 unspecified atom stereocenters. The van der Waals surface area contributed by atoms with Gasteiger partial charge < -0.3 is 15.7 Å². The summed E-state index contributed by atoms with van der Waals surface area (Å²) in [6, 6.07) is -0.0420. The molecule has 1 aromatic heterocycles. The van der Waals surface area contributed by atoms with Crippen LogP contribution < -0.4 is 10.6 Å². The Morgan fingerprint density at radius 2 is 2.15 bits per heavy atom. The van der Waals surface area contributed by atoms with Gasteiger partial charge >= 0.3 is 6.03 Å². The average molecular weight is 280 g/mol. The third-order valence-corrected chi connectivity index (χ3v) is 3.48. The summed E-state index contributed by atoms with van der Waals surface area (Å²) in [5.74, 6) is 0.519. The van der Waals surface area contributed by atoms with Gasteiger partial charge in [0.05, 0.1) is 18.0 Å². The SMILES string of the molecule is CC(C)Cn1cc(NC(=O)NC2CCC(O)CC2)cn1. The Labute approximate surface area is 119 Å². The van der Waals surface area contributed by atoms with Gasteiger partial charge in [0.1, 0.15) is 0 Å². The maximum atomic E-state index is 11.9. The first kappa shape index (κ1) is 14.8. The number of nitrogens with zero attached hydrogens (tertiary/aromatic N) is 2. The Balaban J connectivity index is 1.78. The zero-order valence-electron chi connectivity index (χ0n) is 12.2. The Morgan fingerprint density at radius 3 is 2.80 bits per heavy atom. The quantitative estimate of drug-likeness (QED) is 0.789. The van der Waals surface area contributed by atoms with E-state index in [9.17, 15) is 9.90 Å². The van der Waals surface area contributed by atoms with E-state index in [0.717, 1.165) is 32.2 Å². The first-order valence-electron chi connectivity index (χ1n) is 7.31. The van der Waals surface area contributed by atoms with Crippen LogP contribution in [0.5, 0.6) is 0 Å². The molecule has 0 bridgehead atoms. The monoisotopic (exact) mass is 280 g/mol. The number of amides is 2. The minimum absolute atomic E-state index is 0.157. The van der Waals surface area contributed by atoms with Crippen molar-refractivity contribution in [1.29, 1.82) is 0 Å². The lowest BCUT2D eigenvalue weighted by atomic mass is 9.93. The van der Waals surface area contributed by atoms with Crippen molar-refractivity contribution < 1.29 is 9.90 Å². The van der Waals surface area contributed by atoms with Gasteiger partial charge in [0.2, 0.25) is 0 Å². The van der Waals surface area contributed by atoms with Gasteiger partial charge in [-0.2, -0.15) is 5.10 Å². The molecule has 1 fully saturated rings. The first-order valence-corrected chi connectivity index (χ1v) is 7.31. The lowest BCUT2D eigenvalue weighted by molar-refractivity contribution is 0.118. The van der Waals surface area contributed by atoms with Gasteiger partial charge in [0.25, 0.3) is 0 Å². The van der Waals surface area contributed by atoms with Crippen molar-refractivity contribution in [3.8, 4) is 0 Å². The standard InChI is InChI=1S/C14H24N4O2/c1-10(2)8-18-9-12(7-15-18)17-14(20)16-11-3-5-13(19)6-4-11/h7,9-11,13,19H,3-6,8H2,1-2H3,(H2,16,17,20). The average Bonchev–Trinajstić information content (AvgIpc) is 2.78. The van der Waals surface area contributed by atoms with Crippen LogP contribution in [0.4, 0.5) is 10.5 Å². The highest BCUT2D eigenvalue weighted by Crippen LogP contribution is 2.18. The largest absolute Gasteiger partial charge is 0.393 e. The third-order valence-electron chi connectivity index (χ3n) is 3.48. The number of anilines is 1. The maximum Gasteiger partial charge on any atom is 0.319 e. The molecule has 1 heterocycles. The molecule has 1 saturated carbocycles. The number of hydrogen-bond donors (Lipinski definition) is 3. The normalized spacial score (nSPS) is 22.8. The summed E-state index contributed by atoms with van der Waals surface area (Å²) in [6.07, 6.45) is 6.48. The van der Waals surface area contributed by atoms with E-state index in [2.05, 4.69) is 29.6 Å². The van der Waals surface area contributed by atoms with E-state index in [4.69, 9.17) is 0 Å². The highest BCUT2D eigenvalue weighted by Gasteiger charge is 2.20. The van der Waals surface area contributed by atoms with E-state index in [1.165, 1.54) is 0 Å². The molecule has 2 amide bonds. The van der Waals surface area contributed by atoms with Crippen molar-refractivity contribution in [3.63, 3.8) is 0 Å². The van der Waals surface area contributed by atoms with E-state index in [1.807, 2.05) is 10.9 Å². The van der Waals surface area contributed by atoms with Crippen LogP contribution in [-0.2, 0) is 6.54 Å². The molecule has 0 saturated heterocycles. The van der Waals surface area contributed by atoms with Crippen molar-refractivity contribution in [2.24, 2.45) is 5.92 Å². The Bertz CT molecular complexity index is 436. The van der Waals surface area contributed by atoms with Crippen molar-refractivity contribution in [1.82, 2.24) is 15.1 Å². The lowest BCUT2D eigenvalue weighted by Crippen LogP contribution is -2.40. The fraction of sp³-hybridized carbons (Fsp3) is 0.714. The fourth-order valence-electron chi connectivity index (χ4n) is 2.47. The third kappa shape index (κ3) is 4.52. The molecule has 3 N–H and O–H groups in total. The summed E-state index contributed by atoms with van der Waals surface area (Å²) in [7, 11) is 0. The van der Waals surface area contributed by atoms with E-state index in [-0.39, 0.29) is 18.2 Å². The molecule has 6 heteroatoms. The molecule has 6 nitrogen and oxygen atoms in total. The molecule has 20 heavy (non-hydrogen) atoms. The van der Waals surface area contributed by atoms with Gasteiger partial charge in [-0.05, 0) is 31.6 Å². The number of aliphatic hydroxyl groups is 1. The van der Waals surface area contributed by atoms with Crippen LogP contribution in [0.3, 0.4) is 0 Å². The lowest BCUT2D eigenvalue weighted by Gasteiger charge is -2.26. The van der Waals surface area contributed by atoms with Gasteiger partial charge in [-0.3, -0.25) is 4.68 Å². The van der Waals surface area contributed by atoms with Crippen molar-refractivity contribution in [2.45, 2.75) is 58.2 Å². The predicted molar refractivity (Wildman–Crippen MR) is 77.5 cm³/mol. The van der Waals surface area contributed by atoms with Crippen LogP contribution in [0, 0.1) is 5.92 Å². The summed E-state index contributed by atoms with van der Waals surface area (Å²) in [4.78, 5) is 11.9. The fourth-order valence-corrected chi connectivity index (χ4v) is 2.47. The predicted octanol–water partition coefficient (Wildman–Crippen LogP) is 1.96. The van der Waals surface area contributed by atoms with Gasteiger partial charge in [-0.1, -0.05) is 13.8 Å². The summed E-state index contributed by atoms with van der Waals surface area (Å²) in [5, 5.41) is 19.4. The maximum absolute atomic E-state index is 11.9. The van der Waals surface area contributed by atoms with Crippen LogP contribution in [0.2, 0.25) is 0 Å². The minimum atomic E-state index is -0.203. The Kier molecular flexibility index (Phi) is 5.00. The van der Waals surface area contributed by atoms with Crippen LogP contribution in [0.25, 0.3) is 0 Å². The number of aromatic nitrogens is 2. The number of hydrogen-bond acceptors (Lipinski definition) is 3. The molecular weight excluding hydrogens is 256 g/mol. The topological polar surface area (TPSA) is 79.2 Å². The molecule has 2 rings (SSSR count). The summed E-state index contributed by atoms with van der Waals surface area (Å²) in [5.41, 5.74) is 0.707. The van der Waals surface area contributed by atoms with E-state index in [0.29, 0.717) is 11.6 Å². The first-order chi connectivity index (χ1) is 9.52. The van der Waals surface area contributed by atoms with Crippen molar-refractivity contribution in [2.75, 3.05) is 5.32 Å². The molecule has 1 aliphatic carbocycles. The van der Waals surface area contributed by atoms with Gasteiger partial charge in [0, 0.05) is 18.8 Å². The van der Waals surface area contributed by atoms with Gasteiger partial charge in [-0.15, -0.1) is 0 Å². The summed E-state index contributed by atoms with van der Waals surface area (Å²) < 4.78 is 1.83. The number of urea groups is 1. The van der Waals surface area contributed by atoms with E-state index < -0.39 is 0 Å². The molecule has 0 radical (unpaired) electrons. The van der Waals surface area contributed by atoms with Crippen LogP contribution >= 0.6 is 0 Å². The smallest absolute Gasteiger partial charge is 0.319 e. The molecular formula is C14H24N4O2. The second-order valence-corrected chi connectivity index (χ2v) is 5.95. The van der Waals surface area contributed by atoms with Crippen molar-refractivity contribution in [3.05, 3.63) is 12.4 Å². The molecule has 0 aliphatic heterocycles. The van der Waals surface area contributed by atoms with Crippen molar-refractivity contribution >= 4 is 11.7 Å². The number of carbonyl (C=O) groups is 1. The van der Waals surface area contributed by atoms with Gasteiger partial charge in [-0.25, -0.2) is 4.79 Å². The van der Waals surface area contributed by atoms with E-state index in [1.54, 1.807) is 6.20 Å². The van der Waals surface area contributed by atoms with Crippen LogP contribution in [0.15, 0.2) is 12.4 Å². The number of carbonyl (C=O) groups excluding carboxylic acids is 1. The minimum Gasteiger partial charge on any atom is -0.393 e. The molecule has 1 aliphatic rings. The molecule has 0 spiro atoms. The second-order valence-electron chi connectivity index (χ2n) is 5.95. The summed E-state index contributed by atoms with van der Waals surface area (Å²) in [6.45, 7) is 5.09. The van der Waals surface area contributed by atoms with Crippen LogP contribution in [0.1, 0.15) is 39.5 Å². The number of aliphatic hydroxyl groups excluding tert-OH is 1. The highest BCUT2D eigenvalue weighted by atomic mass is 16.3. The molecule has 0 aromatic carbocycles. The molecule has 1 aromatic rings. The van der Waals surface area contributed by atoms with E-state index >= 15 is 0 Å². The Morgan fingerprint density at radius 1 is 1.45 bits per heavy atom. The second kappa shape index (κ2) is 6.74. The van der Waals surface area contributed by atoms with Crippen LogP contribution in [-0.4, -0.2) is 33.1 Å². The zero-order chi connectivity index (χ0) is 14.5. The highest BCUT2D eigenvalue weighted by molar-refractivity contribution is 5.89. The molecule has 112 valence electrons. The number of nitrogens with one attached hydrogen (secondary N) is 2. The molecule has 0 atom stereocenters.